The highest BCUT2D eigenvalue weighted by Crippen LogP contribution is 2.15. The molecule has 0 bridgehead atoms. The maximum absolute atomic E-state index is 12.1. The van der Waals surface area contributed by atoms with Gasteiger partial charge in [0.05, 0.1) is 10.5 Å². The zero-order chi connectivity index (χ0) is 17.8. The summed E-state index contributed by atoms with van der Waals surface area (Å²) in [5.41, 5.74) is 0. The summed E-state index contributed by atoms with van der Waals surface area (Å²) < 4.78 is 28.9. The number of nitrogens with one attached hydrogen (secondary N) is 2. The van der Waals surface area contributed by atoms with Crippen LogP contribution in [0.4, 0.5) is 0 Å². The first kappa shape index (κ1) is 26.1. The first-order valence-electron chi connectivity index (χ1n) is 8.56. The van der Waals surface area contributed by atoms with Gasteiger partial charge in [0.2, 0.25) is 0 Å². The van der Waals surface area contributed by atoms with Crippen molar-refractivity contribution in [2.75, 3.05) is 38.6 Å². The molecule has 24 heavy (non-hydrogen) atoms. The fourth-order valence-corrected chi connectivity index (χ4v) is 2.64. The van der Waals surface area contributed by atoms with Gasteiger partial charge in [0.1, 0.15) is 0 Å². The molecule has 146 valence electrons. The Balaban J connectivity index is 0. The number of halogens is 1. The number of ether oxygens (including phenoxy) is 1. The number of hydrogen-bond acceptors (Lipinski definition) is 4. The fourth-order valence-electron chi connectivity index (χ4n) is 1.66. The minimum absolute atomic E-state index is 0. The number of nitrogens with zero attached hydrogens (tertiary/aromatic N) is 1. The second-order valence-corrected chi connectivity index (χ2v) is 9.30. The van der Waals surface area contributed by atoms with E-state index in [-0.39, 0.29) is 29.7 Å². The van der Waals surface area contributed by atoms with E-state index in [1.807, 2.05) is 6.92 Å². The molecule has 0 rings (SSSR count). The second-order valence-electron chi connectivity index (χ2n) is 6.44. The van der Waals surface area contributed by atoms with Crippen molar-refractivity contribution in [2.45, 2.75) is 58.6 Å². The number of guanidine groups is 1. The summed E-state index contributed by atoms with van der Waals surface area (Å²) in [6.07, 6.45) is 3.10. The molecule has 0 amide bonds. The van der Waals surface area contributed by atoms with Crippen molar-refractivity contribution < 1.29 is 13.2 Å². The molecule has 0 fully saturated rings. The molecule has 0 aliphatic heterocycles. The van der Waals surface area contributed by atoms with Gasteiger partial charge in [-0.1, -0.05) is 13.3 Å². The molecule has 0 aromatic rings. The highest BCUT2D eigenvalue weighted by atomic mass is 127. The molecule has 0 spiro atoms. The van der Waals surface area contributed by atoms with Crippen LogP contribution in [-0.2, 0) is 14.6 Å². The predicted octanol–water partition coefficient (Wildman–Crippen LogP) is 2.58. The van der Waals surface area contributed by atoms with Crippen molar-refractivity contribution in [2.24, 2.45) is 4.99 Å². The molecule has 0 aromatic carbocycles. The van der Waals surface area contributed by atoms with Gasteiger partial charge in [0.15, 0.2) is 15.8 Å². The van der Waals surface area contributed by atoms with Crippen LogP contribution in [0.15, 0.2) is 4.99 Å². The number of unbranched alkanes of at least 4 members (excludes halogenated alkanes) is 1. The highest BCUT2D eigenvalue weighted by Gasteiger charge is 2.28. The Hall–Kier alpha value is -0.0900. The van der Waals surface area contributed by atoms with Crippen LogP contribution < -0.4 is 10.6 Å². The predicted molar refractivity (Wildman–Crippen MR) is 113 cm³/mol. The molecule has 0 radical (unpaired) electrons. The van der Waals surface area contributed by atoms with Crippen LogP contribution in [-0.4, -0.2) is 57.7 Å². The summed E-state index contributed by atoms with van der Waals surface area (Å²) in [4.78, 5) is 4.43. The third-order valence-electron chi connectivity index (χ3n) is 3.30. The van der Waals surface area contributed by atoms with Gasteiger partial charge < -0.3 is 15.4 Å². The summed E-state index contributed by atoms with van der Waals surface area (Å²) in [5.74, 6) is 0.756. The van der Waals surface area contributed by atoms with Crippen LogP contribution in [0.25, 0.3) is 0 Å². The molecular formula is C16H36IN3O3S. The Morgan fingerprint density at radius 2 is 1.71 bits per heavy atom. The fraction of sp³-hybridized carbons (Fsp3) is 0.938. The zero-order valence-corrected chi connectivity index (χ0v) is 19.0. The minimum atomic E-state index is -3.11. The van der Waals surface area contributed by atoms with Crippen molar-refractivity contribution in [3.63, 3.8) is 0 Å². The summed E-state index contributed by atoms with van der Waals surface area (Å²) >= 11 is 0. The molecule has 2 N–H and O–H groups in total. The molecule has 0 saturated carbocycles. The molecule has 0 heterocycles. The molecule has 0 aromatic heterocycles. The Bertz CT molecular complexity index is 434. The Labute approximate surface area is 165 Å². The van der Waals surface area contributed by atoms with E-state index in [1.54, 1.807) is 20.8 Å². The van der Waals surface area contributed by atoms with Crippen molar-refractivity contribution >= 4 is 39.8 Å². The molecule has 0 unspecified atom stereocenters. The maximum atomic E-state index is 12.1. The third kappa shape index (κ3) is 12.3. The zero-order valence-electron chi connectivity index (χ0n) is 15.9. The van der Waals surface area contributed by atoms with E-state index >= 15 is 0 Å². The van der Waals surface area contributed by atoms with Crippen LogP contribution in [0.5, 0.6) is 0 Å². The lowest BCUT2D eigenvalue weighted by Crippen LogP contribution is -2.41. The average Bonchev–Trinajstić information content (AvgIpc) is 2.45. The van der Waals surface area contributed by atoms with Gasteiger partial charge in [-0.2, -0.15) is 0 Å². The normalized spacial score (nSPS) is 12.6. The van der Waals surface area contributed by atoms with Gasteiger partial charge >= 0.3 is 0 Å². The van der Waals surface area contributed by atoms with Crippen LogP contribution in [0.2, 0.25) is 0 Å². The summed E-state index contributed by atoms with van der Waals surface area (Å²) in [7, 11) is -3.11. The number of aliphatic imine (C=N–C) groups is 1. The summed E-state index contributed by atoms with van der Waals surface area (Å²) in [6, 6.07) is 0. The van der Waals surface area contributed by atoms with E-state index in [1.165, 1.54) is 0 Å². The molecule has 0 aliphatic carbocycles. The van der Waals surface area contributed by atoms with Gasteiger partial charge in [-0.15, -0.1) is 24.0 Å². The van der Waals surface area contributed by atoms with Gasteiger partial charge in [0, 0.05) is 32.8 Å². The number of hydrogen-bond donors (Lipinski definition) is 2. The van der Waals surface area contributed by atoms with Gasteiger partial charge in [0.25, 0.3) is 0 Å². The van der Waals surface area contributed by atoms with Gasteiger partial charge in [-0.3, -0.25) is 4.99 Å². The van der Waals surface area contributed by atoms with Crippen LogP contribution in [0.3, 0.4) is 0 Å². The topological polar surface area (TPSA) is 79.8 Å². The Morgan fingerprint density at radius 3 is 2.25 bits per heavy atom. The summed E-state index contributed by atoms with van der Waals surface area (Å²) in [5, 5.41) is 6.20. The first-order valence-corrected chi connectivity index (χ1v) is 10.2. The van der Waals surface area contributed by atoms with Crippen molar-refractivity contribution in [3.8, 4) is 0 Å². The smallest absolute Gasteiger partial charge is 0.191 e. The standard InChI is InChI=1S/C16H35N3O3S.HI/c1-6-8-12-22-13-9-10-18-15(17-7-2)19-11-14-23(20,21)16(3,4)5;/h6-14H2,1-5H3,(H2,17,18,19);1H. The molecule has 6 nitrogen and oxygen atoms in total. The molecule has 0 aliphatic rings. The van der Waals surface area contributed by atoms with E-state index in [4.69, 9.17) is 4.74 Å². The SMILES string of the molecule is CCCCOCCCN=C(NCC)NCCS(=O)(=O)C(C)(C)C.I. The van der Waals surface area contributed by atoms with Crippen LogP contribution in [0, 0.1) is 0 Å². The third-order valence-corrected chi connectivity index (χ3v) is 5.91. The highest BCUT2D eigenvalue weighted by molar-refractivity contribution is 14.0. The Morgan fingerprint density at radius 1 is 1.08 bits per heavy atom. The van der Waals surface area contributed by atoms with Crippen LogP contribution in [0.1, 0.15) is 53.9 Å². The van der Waals surface area contributed by atoms with E-state index in [9.17, 15) is 8.42 Å². The Kier molecular flexibility index (Phi) is 15.4. The lowest BCUT2D eigenvalue weighted by atomic mass is 10.3. The second kappa shape index (κ2) is 14.1. The molecular weight excluding hydrogens is 441 g/mol. The average molecular weight is 477 g/mol. The summed E-state index contributed by atoms with van der Waals surface area (Å²) in [6.45, 7) is 12.6. The van der Waals surface area contributed by atoms with E-state index in [0.29, 0.717) is 25.7 Å². The van der Waals surface area contributed by atoms with Gasteiger partial charge in [-0.05, 0) is 40.5 Å². The number of sulfone groups is 1. The first-order chi connectivity index (χ1) is 10.7. The van der Waals surface area contributed by atoms with E-state index in [0.717, 1.165) is 32.4 Å². The molecule has 0 atom stereocenters. The van der Waals surface area contributed by atoms with Gasteiger partial charge in [-0.25, -0.2) is 8.42 Å². The van der Waals surface area contributed by atoms with Crippen molar-refractivity contribution in [1.82, 2.24) is 10.6 Å². The van der Waals surface area contributed by atoms with Crippen molar-refractivity contribution in [3.05, 3.63) is 0 Å². The largest absolute Gasteiger partial charge is 0.381 e. The lowest BCUT2D eigenvalue weighted by Gasteiger charge is -2.19. The molecule has 8 heteroatoms. The maximum Gasteiger partial charge on any atom is 0.191 e. The molecule has 0 saturated heterocycles. The lowest BCUT2D eigenvalue weighted by molar-refractivity contribution is 0.130. The quantitative estimate of drug-likeness (QED) is 0.207. The van der Waals surface area contributed by atoms with Crippen molar-refractivity contribution in [1.29, 1.82) is 0 Å². The van der Waals surface area contributed by atoms with E-state index < -0.39 is 14.6 Å². The van der Waals surface area contributed by atoms with E-state index in [2.05, 4.69) is 22.5 Å². The minimum Gasteiger partial charge on any atom is -0.381 e. The van der Waals surface area contributed by atoms with Crippen LogP contribution >= 0.6 is 24.0 Å². The monoisotopic (exact) mass is 477 g/mol. The number of rotatable bonds is 11.